The Hall–Kier alpha value is -2.71. The number of benzene rings is 1. The number of hydrogen-bond donors (Lipinski definition) is 1. The van der Waals surface area contributed by atoms with Crippen LogP contribution in [0.2, 0.25) is 0 Å². The SMILES string of the molecule is C=CCn1c(SCC(=O)NC(=O)c2cccs2)nc2ccccc2c1=O. The van der Waals surface area contributed by atoms with Gasteiger partial charge in [0.05, 0.1) is 21.5 Å². The van der Waals surface area contributed by atoms with Gasteiger partial charge in [-0.1, -0.05) is 36.0 Å². The van der Waals surface area contributed by atoms with E-state index in [-0.39, 0.29) is 17.9 Å². The summed E-state index contributed by atoms with van der Waals surface area (Å²) in [6.45, 7) is 3.95. The van der Waals surface area contributed by atoms with E-state index in [4.69, 9.17) is 0 Å². The standard InChI is InChI=1S/C18H15N3O3S2/c1-2-9-21-17(24)12-6-3-4-7-13(12)19-18(21)26-11-15(22)20-16(23)14-8-5-10-25-14/h2-8,10H,1,9,11H2,(H,20,22,23). The Morgan fingerprint density at radius 1 is 1.27 bits per heavy atom. The Kier molecular flexibility index (Phi) is 5.65. The van der Waals surface area contributed by atoms with Crippen molar-refractivity contribution in [3.05, 3.63) is 69.7 Å². The van der Waals surface area contributed by atoms with Crippen molar-refractivity contribution in [3.8, 4) is 0 Å². The molecule has 0 atom stereocenters. The molecule has 3 aromatic rings. The summed E-state index contributed by atoms with van der Waals surface area (Å²) in [5, 5.41) is 5.02. The first-order valence-corrected chi connectivity index (χ1v) is 9.57. The zero-order chi connectivity index (χ0) is 18.5. The lowest BCUT2D eigenvalue weighted by Gasteiger charge is -2.11. The van der Waals surface area contributed by atoms with E-state index in [2.05, 4.69) is 16.9 Å². The molecular weight excluding hydrogens is 370 g/mol. The molecule has 0 radical (unpaired) electrons. The third-order valence-electron chi connectivity index (χ3n) is 3.47. The Morgan fingerprint density at radius 3 is 2.81 bits per heavy atom. The quantitative estimate of drug-likeness (QED) is 0.401. The highest BCUT2D eigenvalue weighted by Gasteiger charge is 2.15. The lowest BCUT2D eigenvalue weighted by molar-refractivity contribution is -0.117. The summed E-state index contributed by atoms with van der Waals surface area (Å²) in [5.41, 5.74) is 0.378. The molecule has 2 aromatic heterocycles. The number of para-hydroxylation sites is 1. The van der Waals surface area contributed by atoms with Crippen LogP contribution in [0.15, 0.2) is 64.4 Å². The average Bonchev–Trinajstić information content (AvgIpc) is 3.17. The number of hydrogen-bond acceptors (Lipinski definition) is 6. The second-order valence-electron chi connectivity index (χ2n) is 5.26. The van der Waals surface area contributed by atoms with Crippen LogP contribution in [0.3, 0.4) is 0 Å². The molecule has 2 amide bonds. The van der Waals surface area contributed by atoms with Crippen molar-refractivity contribution >= 4 is 45.8 Å². The second kappa shape index (κ2) is 8.11. The average molecular weight is 385 g/mol. The maximum atomic E-state index is 12.6. The molecule has 0 aliphatic rings. The molecule has 0 saturated carbocycles. The molecular formula is C18H15N3O3S2. The number of allylic oxidation sites excluding steroid dienone is 1. The number of thiophene rings is 1. The monoisotopic (exact) mass is 385 g/mol. The number of thioether (sulfide) groups is 1. The molecule has 0 saturated heterocycles. The molecule has 1 N–H and O–H groups in total. The summed E-state index contributed by atoms with van der Waals surface area (Å²) in [7, 11) is 0. The van der Waals surface area contributed by atoms with Crippen LogP contribution in [-0.4, -0.2) is 27.1 Å². The highest BCUT2D eigenvalue weighted by molar-refractivity contribution is 7.99. The van der Waals surface area contributed by atoms with Crippen LogP contribution in [0, 0.1) is 0 Å². The van der Waals surface area contributed by atoms with Crippen molar-refractivity contribution in [1.29, 1.82) is 0 Å². The van der Waals surface area contributed by atoms with E-state index in [1.807, 2.05) is 0 Å². The summed E-state index contributed by atoms with van der Waals surface area (Å²) >= 11 is 2.37. The van der Waals surface area contributed by atoms with Gasteiger partial charge in [-0.25, -0.2) is 4.98 Å². The first-order chi connectivity index (χ1) is 12.6. The Labute approximate surface area is 157 Å². The summed E-state index contributed by atoms with van der Waals surface area (Å²) in [4.78, 5) is 41.5. The van der Waals surface area contributed by atoms with Crippen LogP contribution >= 0.6 is 23.1 Å². The van der Waals surface area contributed by atoms with E-state index < -0.39 is 11.8 Å². The molecule has 1 aromatic carbocycles. The molecule has 0 fully saturated rings. The lowest BCUT2D eigenvalue weighted by Crippen LogP contribution is -2.31. The van der Waals surface area contributed by atoms with Crippen LogP contribution in [0.5, 0.6) is 0 Å². The topological polar surface area (TPSA) is 81.1 Å². The van der Waals surface area contributed by atoms with E-state index in [1.165, 1.54) is 15.9 Å². The van der Waals surface area contributed by atoms with Crippen molar-refractivity contribution in [1.82, 2.24) is 14.9 Å². The smallest absolute Gasteiger partial charge is 0.267 e. The van der Waals surface area contributed by atoms with Gasteiger partial charge >= 0.3 is 0 Å². The molecule has 6 nitrogen and oxygen atoms in total. The molecule has 0 aliphatic carbocycles. The van der Waals surface area contributed by atoms with Gasteiger partial charge in [-0.05, 0) is 23.6 Å². The number of imide groups is 1. The number of carbonyl (C=O) groups excluding carboxylic acids is 2. The minimum atomic E-state index is -0.444. The van der Waals surface area contributed by atoms with Crippen molar-refractivity contribution in [2.45, 2.75) is 11.7 Å². The van der Waals surface area contributed by atoms with E-state index in [9.17, 15) is 14.4 Å². The van der Waals surface area contributed by atoms with E-state index in [1.54, 1.807) is 47.9 Å². The number of rotatable bonds is 6. The largest absolute Gasteiger partial charge is 0.291 e. The van der Waals surface area contributed by atoms with Crippen molar-refractivity contribution < 1.29 is 9.59 Å². The maximum Gasteiger partial charge on any atom is 0.267 e. The summed E-state index contributed by atoms with van der Waals surface area (Å²) in [5.74, 6) is -0.902. The van der Waals surface area contributed by atoms with Gasteiger partial charge in [-0.15, -0.1) is 17.9 Å². The first kappa shape index (κ1) is 18.1. The number of amides is 2. The summed E-state index contributed by atoms with van der Waals surface area (Å²) in [6, 6.07) is 10.4. The Balaban J connectivity index is 1.78. The van der Waals surface area contributed by atoms with E-state index in [0.29, 0.717) is 20.9 Å². The highest BCUT2D eigenvalue weighted by atomic mass is 32.2. The van der Waals surface area contributed by atoms with E-state index in [0.717, 1.165) is 11.8 Å². The molecule has 0 spiro atoms. The third-order valence-corrected chi connectivity index (χ3v) is 5.31. The maximum absolute atomic E-state index is 12.6. The number of carbonyl (C=O) groups is 2. The van der Waals surface area contributed by atoms with E-state index >= 15 is 0 Å². The fourth-order valence-electron chi connectivity index (χ4n) is 2.31. The predicted octanol–water partition coefficient (Wildman–Crippen LogP) is 2.69. The summed E-state index contributed by atoms with van der Waals surface area (Å²) in [6.07, 6.45) is 1.60. The molecule has 26 heavy (non-hydrogen) atoms. The van der Waals surface area contributed by atoms with Gasteiger partial charge in [-0.3, -0.25) is 24.3 Å². The molecule has 2 heterocycles. The van der Waals surface area contributed by atoms with Crippen molar-refractivity contribution in [3.63, 3.8) is 0 Å². The zero-order valence-electron chi connectivity index (χ0n) is 13.7. The normalized spacial score (nSPS) is 10.6. The fraction of sp³-hybridized carbons (Fsp3) is 0.111. The minimum Gasteiger partial charge on any atom is -0.291 e. The Morgan fingerprint density at radius 2 is 2.08 bits per heavy atom. The molecule has 0 unspecified atom stereocenters. The van der Waals surface area contributed by atoms with Gasteiger partial charge in [0.2, 0.25) is 5.91 Å². The molecule has 132 valence electrons. The lowest BCUT2D eigenvalue weighted by atomic mass is 10.2. The third kappa shape index (κ3) is 3.92. The highest BCUT2D eigenvalue weighted by Crippen LogP contribution is 2.18. The van der Waals surface area contributed by atoms with Gasteiger partial charge < -0.3 is 0 Å². The Bertz CT molecular complexity index is 1030. The molecule has 0 aliphatic heterocycles. The van der Waals surface area contributed by atoms with Gasteiger partial charge in [0.15, 0.2) is 5.16 Å². The van der Waals surface area contributed by atoms with Crippen LogP contribution < -0.4 is 10.9 Å². The second-order valence-corrected chi connectivity index (χ2v) is 7.15. The summed E-state index contributed by atoms with van der Waals surface area (Å²) < 4.78 is 1.47. The van der Waals surface area contributed by atoms with Crippen LogP contribution in [-0.2, 0) is 11.3 Å². The van der Waals surface area contributed by atoms with Gasteiger partial charge in [0.25, 0.3) is 11.5 Å². The zero-order valence-corrected chi connectivity index (χ0v) is 15.3. The van der Waals surface area contributed by atoms with Crippen molar-refractivity contribution in [2.24, 2.45) is 0 Å². The van der Waals surface area contributed by atoms with Gasteiger partial charge in [0, 0.05) is 6.54 Å². The molecule has 3 rings (SSSR count). The number of fused-ring (bicyclic) bond motifs is 1. The van der Waals surface area contributed by atoms with Gasteiger partial charge in [0.1, 0.15) is 0 Å². The van der Waals surface area contributed by atoms with Crippen LogP contribution in [0.1, 0.15) is 9.67 Å². The predicted molar refractivity (Wildman–Crippen MR) is 104 cm³/mol. The number of nitrogens with zero attached hydrogens (tertiary/aromatic N) is 2. The molecule has 0 bridgehead atoms. The van der Waals surface area contributed by atoms with Crippen LogP contribution in [0.25, 0.3) is 10.9 Å². The molecule has 8 heteroatoms. The van der Waals surface area contributed by atoms with Gasteiger partial charge in [-0.2, -0.15) is 0 Å². The number of nitrogens with one attached hydrogen (secondary N) is 1. The number of aromatic nitrogens is 2. The first-order valence-electron chi connectivity index (χ1n) is 7.71. The minimum absolute atomic E-state index is 0.0287. The fourth-order valence-corrected chi connectivity index (χ4v) is 3.74. The van der Waals surface area contributed by atoms with Crippen LogP contribution in [0.4, 0.5) is 0 Å². The van der Waals surface area contributed by atoms with Crippen molar-refractivity contribution in [2.75, 3.05) is 5.75 Å².